The van der Waals surface area contributed by atoms with Crippen LogP contribution in [-0.2, 0) is 11.3 Å². The summed E-state index contributed by atoms with van der Waals surface area (Å²) in [6, 6.07) is 7.30. The first kappa shape index (κ1) is 17.8. The first-order valence-corrected chi connectivity index (χ1v) is 7.88. The van der Waals surface area contributed by atoms with Gasteiger partial charge in [0, 0.05) is 19.5 Å². The number of methoxy groups -OCH3 is 2. The van der Waals surface area contributed by atoms with Crippen molar-refractivity contribution in [2.45, 2.75) is 27.3 Å². The first-order chi connectivity index (χ1) is 11.4. The van der Waals surface area contributed by atoms with Crippen LogP contribution in [0.3, 0.4) is 0 Å². The molecule has 0 bridgehead atoms. The largest absolute Gasteiger partial charge is 0.497 e. The number of amides is 1. The van der Waals surface area contributed by atoms with E-state index in [-0.39, 0.29) is 5.91 Å². The molecule has 1 amide bonds. The van der Waals surface area contributed by atoms with Crippen molar-refractivity contribution in [3.63, 3.8) is 0 Å². The molecule has 2 aromatic rings. The molecule has 1 aromatic heterocycles. The van der Waals surface area contributed by atoms with E-state index in [0.29, 0.717) is 42.0 Å². The summed E-state index contributed by atoms with van der Waals surface area (Å²) in [5.74, 6) is 2.36. The van der Waals surface area contributed by atoms with Crippen LogP contribution in [-0.4, -0.2) is 36.7 Å². The maximum atomic E-state index is 11.8. The van der Waals surface area contributed by atoms with Crippen molar-refractivity contribution in [1.82, 2.24) is 10.1 Å². The second kappa shape index (κ2) is 7.86. The number of aromatic nitrogens is 1. The highest BCUT2D eigenvalue weighted by atomic mass is 16.5. The number of carbonyl (C=O) groups excluding carboxylic acids is 1. The Bertz CT molecular complexity index is 694. The minimum Gasteiger partial charge on any atom is -0.497 e. The van der Waals surface area contributed by atoms with Gasteiger partial charge in [0.1, 0.15) is 17.2 Å². The molecule has 1 heterocycles. The van der Waals surface area contributed by atoms with Crippen molar-refractivity contribution in [2.75, 3.05) is 20.8 Å². The summed E-state index contributed by atoms with van der Waals surface area (Å²) >= 11 is 0. The highest BCUT2D eigenvalue weighted by molar-refractivity contribution is 5.73. The smallest absolute Gasteiger partial charge is 0.219 e. The van der Waals surface area contributed by atoms with Crippen molar-refractivity contribution in [2.24, 2.45) is 5.92 Å². The fourth-order valence-electron chi connectivity index (χ4n) is 2.46. The molecule has 6 heteroatoms. The highest BCUT2D eigenvalue weighted by Crippen LogP contribution is 2.33. The van der Waals surface area contributed by atoms with E-state index < -0.39 is 0 Å². The third-order valence-corrected chi connectivity index (χ3v) is 3.61. The maximum absolute atomic E-state index is 11.8. The zero-order valence-electron chi connectivity index (χ0n) is 14.8. The number of rotatable bonds is 7. The molecule has 2 rings (SSSR count). The van der Waals surface area contributed by atoms with Crippen LogP contribution in [0.1, 0.15) is 26.5 Å². The Balaban J connectivity index is 2.25. The van der Waals surface area contributed by atoms with Crippen molar-refractivity contribution in [3.8, 4) is 22.8 Å². The van der Waals surface area contributed by atoms with Crippen molar-refractivity contribution >= 4 is 5.91 Å². The molecule has 0 fully saturated rings. The zero-order valence-corrected chi connectivity index (χ0v) is 14.8. The van der Waals surface area contributed by atoms with Crippen molar-refractivity contribution < 1.29 is 18.8 Å². The predicted octanol–water partition coefficient (Wildman–Crippen LogP) is 3.36. The van der Waals surface area contributed by atoms with E-state index in [9.17, 15) is 4.79 Å². The SMILES string of the molecule is COc1ccc(OC)c(-c2cc(CN(CC(C)C)C(C)=O)no2)c1. The van der Waals surface area contributed by atoms with Crippen molar-refractivity contribution in [1.29, 1.82) is 0 Å². The lowest BCUT2D eigenvalue weighted by molar-refractivity contribution is -0.130. The number of benzene rings is 1. The van der Waals surface area contributed by atoms with E-state index in [2.05, 4.69) is 19.0 Å². The molecule has 0 aliphatic heterocycles. The van der Waals surface area contributed by atoms with Gasteiger partial charge in [-0.2, -0.15) is 0 Å². The van der Waals surface area contributed by atoms with Crippen LogP contribution in [0.5, 0.6) is 11.5 Å². The summed E-state index contributed by atoms with van der Waals surface area (Å²) in [7, 11) is 3.21. The topological polar surface area (TPSA) is 64.8 Å². The quantitative estimate of drug-likeness (QED) is 0.778. The van der Waals surface area contributed by atoms with Gasteiger partial charge in [0.25, 0.3) is 0 Å². The van der Waals surface area contributed by atoms with E-state index in [0.717, 1.165) is 5.56 Å². The molecule has 0 saturated heterocycles. The van der Waals surface area contributed by atoms with Gasteiger partial charge >= 0.3 is 0 Å². The number of nitrogens with zero attached hydrogens (tertiary/aromatic N) is 2. The Hall–Kier alpha value is -2.50. The summed E-state index contributed by atoms with van der Waals surface area (Å²) in [5, 5.41) is 4.09. The number of ether oxygens (including phenoxy) is 2. The Morgan fingerprint density at radius 1 is 1.25 bits per heavy atom. The summed E-state index contributed by atoms with van der Waals surface area (Å²) in [4.78, 5) is 13.5. The molecule has 0 N–H and O–H groups in total. The first-order valence-electron chi connectivity index (χ1n) is 7.88. The zero-order chi connectivity index (χ0) is 17.7. The van der Waals surface area contributed by atoms with Crippen LogP contribution in [0.2, 0.25) is 0 Å². The second-order valence-electron chi connectivity index (χ2n) is 6.04. The van der Waals surface area contributed by atoms with Crippen LogP contribution in [0.25, 0.3) is 11.3 Å². The number of hydrogen-bond donors (Lipinski definition) is 0. The fraction of sp³-hybridized carbons (Fsp3) is 0.444. The maximum Gasteiger partial charge on any atom is 0.219 e. The van der Waals surface area contributed by atoms with E-state index in [1.807, 2.05) is 24.3 Å². The second-order valence-corrected chi connectivity index (χ2v) is 6.04. The van der Waals surface area contributed by atoms with Crippen LogP contribution in [0, 0.1) is 5.92 Å². The molecule has 24 heavy (non-hydrogen) atoms. The van der Waals surface area contributed by atoms with E-state index in [4.69, 9.17) is 14.0 Å². The summed E-state index contributed by atoms with van der Waals surface area (Å²) in [6.45, 7) is 6.81. The molecule has 0 aliphatic carbocycles. The molecule has 0 atom stereocenters. The number of hydrogen-bond acceptors (Lipinski definition) is 5. The van der Waals surface area contributed by atoms with Crippen LogP contribution in [0.15, 0.2) is 28.8 Å². The molecule has 130 valence electrons. The third-order valence-electron chi connectivity index (χ3n) is 3.61. The summed E-state index contributed by atoms with van der Waals surface area (Å²) < 4.78 is 16.1. The lowest BCUT2D eigenvalue weighted by Crippen LogP contribution is -2.31. The molecule has 1 aromatic carbocycles. The van der Waals surface area contributed by atoms with Crippen molar-refractivity contribution in [3.05, 3.63) is 30.0 Å². The monoisotopic (exact) mass is 332 g/mol. The minimum absolute atomic E-state index is 0.0206. The van der Waals surface area contributed by atoms with Crippen LogP contribution >= 0.6 is 0 Å². The van der Waals surface area contributed by atoms with Gasteiger partial charge in [-0.05, 0) is 24.1 Å². The molecule has 0 radical (unpaired) electrons. The van der Waals surface area contributed by atoms with Gasteiger partial charge in [-0.25, -0.2) is 0 Å². The Morgan fingerprint density at radius 3 is 2.58 bits per heavy atom. The molecular formula is C18H24N2O4. The molecule has 0 unspecified atom stereocenters. The summed E-state index contributed by atoms with van der Waals surface area (Å²) in [5.41, 5.74) is 1.46. The van der Waals surface area contributed by atoms with Crippen LogP contribution < -0.4 is 9.47 Å². The predicted molar refractivity (Wildman–Crippen MR) is 91.0 cm³/mol. The Labute approximate surface area is 142 Å². The Kier molecular flexibility index (Phi) is 5.84. The van der Waals surface area contributed by atoms with E-state index >= 15 is 0 Å². The molecule has 0 saturated carbocycles. The minimum atomic E-state index is 0.0206. The summed E-state index contributed by atoms with van der Waals surface area (Å²) in [6.07, 6.45) is 0. The molecular weight excluding hydrogens is 308 g/mol. The number of carbonyl (C=O) groups is 1. The van der Waals surface area contributed by atoms with Gasteiger partial charge in [-0.1, -0.05) is 19.0 Å². The van der Waals surface area contributed by atoms with Gasteiger partial charge in [0.2, 0.25) is 5.91 Å². The third kappa shape index (κ3) is 4.28. The van der Waals surface area contributed by atoms with E-state index in [1.165, 1.54) is 0 Å². The standard InChI is InChI=1S/C18H24N2O4/c1-12(2)10-20(13(3)21)11-14-8-18(24-19-14)16-9-15(22-4)6-7-17(16)23-5/h6-9,12H,10-11H2,1-5H3. The normalized spacial score (nSPS) is 10.8. The fourth-order valence-corrected chi connectivity index (χ4v) is 2.46. The molecule has 6 nitrogen and oxygen atoms in total. The van der Waals surface area contributed by atoms with Gasteiger partial charge < -0.3 is 18.9 Å². The van der Waals surface area contributed by atoms with Gasteiger partial charge in [-0.3, -0.25) is 4.79 Å². The van der Waals surface area contributed by atoms with Gasteiger partial charge in [-0.15, -0.1) is 0 Å². The van der Waals surface area contributed by atoms with Gasteiger partial charge in [0.15, 0.2) is 5.76 Å². The Morgan fingerprint density at radius 2 is 2.00 bits per heavy atom. The molecule has 0 spiro atoms. The average molecular weight is 332 g/mol. The lowest BCUT2D eigenvalue weighted by Gasteiger charge is -2.21. The average Bonchev–Trinajstić information content (AvgIpc) is 3.01. The lowest BCUT2D eigenvalue weighted by atomic mass is 10.1. The highest BCUT2D eigenvalue weighted by Gasteiger charge is 2.17. The van der Waals surface area contributed by atoms with Gasteiger partial charge in [0.05, 0.1) is 26.3 Å². The molecule has 0 aliphatic rings. The van der Waals surface area contributed by atoms with Crippen LogP contribution in [0.4, 0.5) is 0 Å². The van der Waals surface area contributed by atoms with E-state index in [1.54, 1.807) is 26.0 Å².